The number of hydrogen-bond donors (Lipinski definition) is 2. The summed E-state index contributed by atoms with van der Waals surface area (Å²) in [6, 6.07) is 5.62. The van der Waals surface area contributed by atoms with E-state index in [9.17, 15) is 9.90 Å². The zero-order valence-corrected chi connectivity index (χ0v) is 10.5. The summed E-state index contributed by atoms with van der Waals surface area (Å²) in [5.41, 5.74) is 1.31. The molecule has 0 aromatic heterocycles. The molecule has 0 amide bonds. The SMILES string of the molecule is Cc1c(Cl)cccc1NCC1(C(=O)O)CCC1. The van der Waals surface area contributed by atoms with E-state index in [1.165, 1.54) is 0 Å². The Kier molecular flexibility index (Phi) is 3.29. The van der Waals surface area contributed by atoms with Crippen LogP contribution in [0.5, 0.6) is 0 Å². The van der Waals surface area contributed by atoms with Gasteiger partial charge in [0.2, 0.25) is 0 Å². The van der Waals surface area contributed by atoms with Gasteiger partial charge in [-0.15, -0.1) is 0 Å². The zero-order chi connectivity index (χ0) is 12.5. The first-order valence-corrected chi connectivity index (χ1v) is 6.15. The topological polar surface area (TPSA) is 49.3 Å². The Morgan fingerprint density at radius 1 is 1.53 bits per heavy atom. The minimum absolute atomic E-state index is 0.476. The lowest BCUT2D eigenvalue weighted by Gasteiger charge is -2.38. The molecule has 1 aliphatic rings. The largest absolute Gasteiger partial charge is 0.481 e. The molecular formula is C13H16ClNO2. The molecule has 0 unspecified atom stereocenters. The number of aliphatic carboxylic acids is 1. The van der Waals surface area contributed by atoms with Crippen molar-refractivity contribution >= 4 is 23.3 Å². The van der Waals surface area contributed by atoms with Crippen molar-refractivity contribution in [1.82, 2.24) is 0 Å². The summed E-state index contributed by atoms with van der Waals surface area (Å²) in [6.07, 6.45) is 2.52. The summed E-state index contributed by atoms with van der Waals surface area (Å²) in [5.74, 6) is -0.698. The first-order valence-electron chi connectivity index (χ1n) is 5.77. The number of carbonyl (C=O) groups is 1. The number of rotatable bonds is 4. The number of benzene rings is 1. The van der Waals surface area contributed by atoms with Crippen LogP contribution < -0.4 is 5.32 Å². The fraction of sp³-hybridized carbons (Fsp3) is 0.462. The quantitative estimate of drug-likeness (QED) is 0.866. The van der Waals surface area contributed by atoms with Gasteiger partial charge in [0, 0.05) is 17.3 Å². The first-order chi connectivity index (χ1) is 8.05. The number of anilines is 1. The van der Waals surface area contributed by atoms with Crippen LogP contribution in [0.3, 0.4) is 0 Å². The summed E-state index contributed by atoms with van der Waals surface area (Å²) in [4.78, 5) is 11.2. The number of halogens is 1. The van der Waals surface area contributed by atoms with Gasteiger partial charge in [-0.1, -0.05) is 24.1 Å². The molecule has 1 aromatic carbocycles. The molecule has 4 heteroatoms. The standard InChI is InChI=1S/C13H16ClNO2/c1-9-10(14)4-2-5-11(9)15-8-13(12(16)17)6-3-7-13/h2,4-5,15H,3,6-8H2,1H3,(H,16,17). The predicted molar refractivity (Wildman–Crippen MR) is 68.6 cm³/mol. The highest BCUT2D eigenvalue weighted by Crippen LogP contribution is 2.41. The third-order valence-electron chi connectivity index (χ3n) is 3.65. The summed E-state index contributed by atoms with van der Waals surface area (Å²) >= 11 is 6.02. The molecule has 1 aliphatic carbocycles. The molecule has 0 radical (unpaired) electrons. The number of hydrogen-bond acceptors (Lipinski definition) is 2. The molecule has 2 N–H and O–H groups in total. The van der Waals surface area contributed by atoms with E-state index in [2.05, 4.69) is 5.32 Å². The summed E-state index contributed by atoms with van der Waals surface area (Å²) < 4.78 is 0. The van der Waals surface area contributed by atoms with Crippen LogP contribution in [-0.4, -0.2) is 17.6 Å². The van der Waals surface area contributed by atoms with Crippen LogP contribution in [0, 0.1) is 12.3 Å². The van der Waals surface area contributed by atoms with Crippen molar-refractivity contribution in [3.63, 3.8) is 0 Å². The van der Waals surface area contributed by atoms with Crippen LogP contribution in [-0.2, 0) is 4.79 Å². The molecule has 92 valence electrons. The van der Waals surface area contributed by atoms with Crippen LogP contribution >= 0.6 is 11.6 Å². The average molecular weight is 254 g/mol. The molecule has 0 atom stereocenters. The van der Waals surface area contributed by atoms with Crippen LogP contribution in [0.15, 0.2) is 18.2 Å². The van der Waals surface area contributed by atoms with Gasteiger partial charge in [0.15, 0.2) is 0 Å². The maximum Gasteiger partial charge on any atom is 0.311 e. The van der Waals surface area contributed by atoms with Gasteiger partial charge in [-0.3, -0.25) is 4.79 Å². The van der Waals surface area contributed by atoms with E-state index in [4.69, 9.17) is 11.6 Å². The molecule has 2 rings (SSSR count). The maximum absolute atomic E-state index is 11.2. The fourth-order valence-corrected chi connectivity index (χ4v) is 2.31. The zero-order valence-electron chi connectivity index (χ0n) is 9.79. The Labute approximate surface area is 106 Å². The van der Waals surface area contributed by atoms with Crippen molar-refractivity contribution in [3.8, 4) is 0 Å². The van der Waals surface area contributed by atoms with E-state index in [1.807, 2.05) is 25.1 Å². The highest BCUT2D eigenvalue weighted by Gasteiger charge is 2.44. The highest BCUT2D eigenvalue weighted by atomic mass is 35.5. The van der Waals surface area contributed by atoms with Gasteiger partial charge in [0.25, 0.3) is 0 Å². The van der Waals surface area contributed by atoms with Crippen LogP contribution in [0.4, 0.5) is 5.69 Å². The van der Waals surface area contributed by atoms with Gasteiger partial charge in [-0.05, 0) is 37.5 Å². The average Bonchev–Trinajstić information content (AvgIpc) is 2.22. The van der Waals surface area contributed by atoms with Crippen molar-refractivity contribution < 1.29 is 9.90 Å². The predicted octanol–water partition coefficient (Wildman–Crippen LogP) is 3.32. The normalized spacial score (nSPS) is 17.3. The van der Waals surface area contributed by atoms with Crippen LogP contribution in [0.25, 0.3) is 0 Å². The van der Waals surface area contributed by atoms with Crippen molar-refractivity contribution in [2.45, 2.75) is 26.2 Å². The van der Waals surface area contributed by atoms with E-state index in [0.717, 1.165) is 30.5 Å². The van der Waals surface area contributed by atoms with E-state index >= 15 is 0 Å². The first kappa shape index (κ1) is 12.2. The monoisotopic (exact) mass is 253 g/mol. The molecule has 1 aromatic rings. The smallest absolute Gasteiger partial charge is 0.311 e. The summed E-state index contributed by atoms with van der Waals surface area (Å²) in [5, 5.41) is 13.1. The lowest BCUT2D eigenvalue weighted by atomic mass is 9.69. The molecule has 3 nitrogen and oxygen atoms in total. The lowest BCUT2D eigenvalue weighted by molar-refractivity contribution is -0.153. The molecule has 0 spiro atoms. The minimum Gasteiger partial charge on any atom is -0.481 e. The maximum atomic E-state index is 11.2. The summed E-state index contributed by atoms with van der Waals surface area (Å²) in [6.45, 7) is 2.41. The number of nitrogens with one attached hydrogen (secondary N) is 1. The second kappa shape index (κ2) is 4.57. The van der Waals surface area contributed by atoms with Gasteiger partial charge < -0.3 is 10.4 Å². The van der Waals surface area contributed by atoms with E-state index in [1.54, 1.807) is 0 Å². The van der Waals surface area contributed by atoms with Gasteiger partial charge in [0.1, 0.15) is 0 Å². The molecule has 0 bridgehead atoms. The third-order valence-corrected chi connectivity index (χ3v) is 4.06. The van der Waals surface area contributed by atoms with Crippen molar-refractivity contribution in [2.75, 3.05) is 11.9 Å². The van der Waals surface area contributed by atoms with Gasteiger partial charge in [0.05, 0.1) is 5.41 Å². The van der Waals surface area contributed by atoms with E-state index < -0.39 is 11.4 Å². The Hall–Kier alpha value is -1.22. The molecular weight excluding hydrogens is 238 g/mol. The Balaban J connectivity index is 2.07. The van der Waals surface area contributed by atoms with E-state index in [-0.39, 0.29) is 0 Å². The van der Waals surface area contributed by atoms with E-state index in [0.29, 0.717) is 11.6 Å². The van der Waals surface area contributed by atoms with Crippen molar-refractivity contribution in [3.05, 3.63) is 28.8 Å². The Bertz CT molecular complexity index is 441. The molecule has 1 fully saturated rings. The molecule has 0 saturated heterocycles. The van der Waals surface area contributed by atoms with Crippen molar-refractivity contribution in [2.24, 2.45) is 5.41 Å². The number of carboxylic acids is 1. The minimum atomic E-state index is -0.698. The van der Waals surface area contributed by atoms with Gasteiger partial charge >= 0.3 is 5.97 Å². The molecule has 1 saturated carbocycles. The Morgan fingerprint density at radius 2 is 2.24 bits per heavy atom. The molecule has 0 heterocycles. The molecule has 17 heavy (non-hydrogen) atoms. The van der Waals surface area contributed by atoms with Crippen LogP contribution in [0.2, 0.25) is 5.02 Å². The Morgan fingerprint density at radius 3 is 2.76 bits per heavy atom. The fourth-order valence-electron chi connectivity index (χ4n) is 2.13. The van der Waals surface area contributed by atoms with Crippen molar-refractivity contribution in [1.29, 1.82) is 0 Å². The second-order valence-electron chi connectivity index (χ2n) is 4.70. The van der Waals surface area contributed by atoms with Gasteiger partial charge in [-0.2, -0.15) is 0 Å². The third kappa shape index (κ3) is 2.25. The van der Waals surface area contributed by atoms with Gasteiger partial charge in [-0.25, -0.2) is 0 Å². The highest BCUT2D eigenvalue weighted by molar-refractivity contribution is 6.31. The molecule has 0 aliphatic heterocycles. The lowest BCUT2D eigenvalue weighted by Crippen LogP contribution is -2.43. The van der Waals surface area contributed by atoms with Crippen LogP contribution in [0.1, 0.15) is 24.8 Å². The summed E-state index contributed by atoms with van der Waals surface area (Å²) in [7, 11) is 0. The number of carboxylic acid groups (broad SMARTS) is 1. The second-order valence-corrected chi connectivity index (χ2v) is 5.11.